The van der Waals surface area contributed by atoms with E-state index in [1.807, 2.05) is 37.8 Å². The molecule has 2 atom stereocenters. The Bertz CT molecular complexity index is 559. The minimum absolute atomic E-state index is 0.226. The van der Waals surface area contributed by atoms with Crippen molar-refractivity contribution in [1.29, 1.82) is 0 Å². The zero-order chi connectivity index (χ0) is 15.9. The molecule has 2 aliphatic heterocycles. The Kier molecular flexibility index (Phi) is 3.93. The van der Waals surface area contributed by atoms with Gasteiger partial charge in [-0.3, -0.25) is 0 Å². The molecule has 3 rings (SSSR count). The van der Waals surface area contributed by atoms with E-state index in [0.717, 1.165) is 18.7 Å². The van der Waals surface area contributed by atoms with Gasteiger partial charge in [0.1, 0.15) is 11.4 Å². The van der Waals surface area contributed by atoms with Crippen molar-refractivity contribution < 1.29 is 9.53 Å². The molecule has 0 saturated carbocycles. The average molecular weight is 324 g/mol. The van der Waals surface area contributed by atoms with Crippen LogP contribution >= 0.6 is 11.6 Å². The Morgan fingerprint density at radius 1 is 1.32 bits per heavy atom. The van der Waals surface area contributed by atoms with Crippen LogP contribution in [0.25, 0.3) is 0 Å². The molecule has 2 saturated heterocycles. The molecule has 2 aliphatic rings. The predicted molar refractivity (Wildman–Crippen MR) is 86.3 cm³/mol. The van der Waals surface area contributed by atoms with Crippen molar-refractivity contribution in [1.82, 2.24) is 9.88 Å². The predicted octanol–water partition coefficient (Wildman–Crippen LogP) is 3.32. The number of carbonyl (C=O) groups excluding carboxylic acids is 1. The Morgan fingerprint density at radius 2 is 1.95 bits per heavy atom. The molecule has 0 radical (unpaired) electrons. The van der Waals surface area contributed by atoms with Gasteiger partial charge in [-0.2, -0.15) is 0 Å². The van der Waals surface area contributed by atoms with Crippen molar-refractivity contribution >= 4 is 23.5 Å². The van der Waals surface area contributed by atoms with Crippen molar-refractivity contribution in [2.45, 2.75) is 51.3 Å². The van der Waals surface area contributed by atoms with E-state index < -0.39 is 5.60 Å². The fourth-order valence-corrected chi connectivity index (χ4v) is 3.51. The summed E-state index contributed by atoms with van der Waals surface area (Å²) in [6.07, 6.45) is 3.64. The molecule has 2 bridgehead atoms. The lowest BCUT2D eigenvalue weighted by Crippen LogP contribution is -2.56. The lowest BCUT2D eigenvalue weighted by Gasteiger charge is -2.42. The number of carbonyl (C=O) groups is 1. The number of pyridine rings is 1. The summed E-state index contributed by atoms with van der Waals surface area (Å²) in [4.78, 5) is 20.8. The number of hydrogen-bond acceptors (Lipinski definition) is 4. The number of nitrogens with zero attached hydrogens (tertiary/aromatic N) is 3. The number of aromatic nitrogens is 1. The maximum absolute atomic E-state index is 12.3. The second kappa shape index (κ2) is 5.61. The topological polar surface area (TPSA) is 45.7 Å². The summed E-state index contributed by atoms with van der Waals surface area (Å²) in [5.41, 5.74) is -0.461. The van der Waals surface area contributed by atoms with Gasteiger partial charge < -0.3 is 14.5 Å². The lowest BCUT2D eigenvalue weighted by atomic mass is 10.2. The Balaban J connectivity index is 1.75. The highest BCUT2D eigenvalue weighted by molar-refractivity contribution is 6.32. The third kappa shape index (κ3) is 3.00. The molecule has 22 heavy (non-hydrogen) atoms. The zero-order valence-corrected chi connectivity index (χ0v) is 14.0. The number of amides is 1. The molecule has 1 amide bonds. The van der Waals surface area contributed by atoms with Gasteiger partial charge in [-0.25, -0.2) is 9.78 Å². The summed E-state index contributed by atoms with van der Waals surface area (Å²) in [7, 11) is 0. The number of fused-ring (bicyclic) bond motifs is 2. The van der Waals surface area contributed by atoms with Gasteiger partial charge in [0, 0.05) is 31.4 Å². The van der Waals surface area contributed by atoms with Gasteiger partial charge in [0.2, 0.25) is 0 Å². The maximum Gasteiger partial charge on any atom is 0.410 e. The summed E-state index contributed by atoms with van der Waals surface area (Å²) >= 11 is 6.29. The first kappa shape index (κ1) is 15.4. The second-order valence-electron chi connectivity index (χ2n) is 6.99. The van der Waals surface area contributed by atoms with Crippen LogP contribution in [0.4, 0.5) is 10.6 Å². The van der Waals surface area contributed by atoms with Crippen molar-refractivity contribution in [3.05, 3.63) is 23.4 Å². The minimum Gasteiger partial charge on any atom is -0.444 e. The van der Waals surface area contributed by atoms with Crippen LogP contribution in [0.1, 0.15) is 33.6 Å². The van der Waals surface area contributed by atoms with Crippen LogP contribution in [0.3, 0.4) is 0 Å². The highest BCUT2D eigenvalue weighted by atomic mass is 35.5. The molecule has 1 aromatic heterocycles. The summed E-state index contributed by atoms with van der Waals surface area (Å²) < 4.78 is 5.49. The fourth-order valence-electron chi connectivity index (χ4n) is 3.29. The molecule has 3 heterocycles. The molecule has 0 N–H and O–H groups in total. The molecule has 1 aromatic rings. The van der Waals surface area contributed by atoms with Crippen LogP contribution in [0.2, 0.25) is 5.02 Å². The zero-order valence-electron chi connectivity index (χ0n) is 13.3. The quantitative estimate of drug-likeness (QED) is 0.795. The first-order valence-corrected chi connectivity index (χ1v) is 8.10. The highest BCUT2D eigenvalue weighted by Gasteiger charge is 2.43. The number of piperazine rings is 1. The third-order valence-corrected chi connectivity index (χ3v) is 4.41. The van der Waals surface area contributed by atoms with E-state index in [0.29, 0.717) is 18.1 Å². The molecule has 6 heteroatoms. The van der Waals surface area contributed by atoms with E-state index in [1.165, 1.54) is 0 Å². The van der Waals surface area contributed by atoms with Gasteiger partial charge >= 0.3 is 6.09 Å². The highest BCUT2D eigenvalue weighted by Crippen LogP contribution is 2.37. The van der Waals surface area contributed by atoms with Gasteiger partial charge in [0.15, 0.2) is 0 Å². The molecule has 0 aromatic carbocycles. The number of halogens is 1. The molecule has 2 fully saturated rings. The first-order chi connectivity index (χ1) is 10.3. The maximum atomic E-state index is 12.3. The minimum atomic E-state index is -0.461. The number of likely N-dealkylation sites (tertiary alicyclic amines) is 1. The van der Waals surface area contributed by atoms with Gasteiger partial charge in [-0.15, -0.1) is 0 Å². The number of anilines is 1. The summed E-state index contributed by atoms with van der Waals surface area (Å²) in [6, 6.07) is 4.23. The number of hydrogen-bond donors (Lipinski definition) is 0. The second-order valence-corrected chi connectivity index (χ2v) is 7.39. The van der Waals surface area contributed by atoms with Crippen molar-refractivity contribution in [2.24, 2.45) is 0 Å². The van der Waals surface area contributed by atoms with Crippen molar-refractivity contribution in [2.75, 3.05) is 18.0 Å². The van der Waals surface area contributed by atoms with Crippen LogP contribution in [0.5, 0.6) is 0 Å². The van der Waals surface area contributed by atoms with Crippen LogP contribution in [-0.2, 0) is 4.74 Å². The van der Waals surface area contributed by atoms with Crippen molar-refractivity contribution in [3.8, 4) is 0 Å². The Morgan fingerprint density at radius 3 is 2.50 bits per heavy atom. The molecule has 0 aliphatic carbocycles. The number of rotatable bonds is 1. The molecular formula is C16H22ClN3O2. The largest absolute Gasteiger partial charge is 0.444 e. The van der Waals surface area contributed by atoms with Gasteiger partial charge in [-0.1, -0.05) is 11.6 Å². The standard InChI is InChI=1S/C16H22ClN3O2/c1-16(2,3)22-15(21)19-9-11-6-7-12(10-19)20(11)14-13(17)5-4-8-18-14/h4-5,8,11-12H,6-7,9-10H2,1-3H3. The SMILES string of the molecule is CC(C)(C)OC(=O)N1CC2CCC(C1)N2c1ncccc1Cl. The van der Waals surface area contributed by atoms with Gasteiger partial charge in [0.25, 0.3) is 0 Å². The van der Waals surface area contributed by atoms with E-state index in [1.54, 1.807) is 6.20 Å². The fraction of sp³-hybridized carbons (Fsp3) is 0.625. The van der Waals surface area contributed by atoms with Crippen LogP contribution in [-0.4, -0.2) is 46.8 Å². The van der Waals surface area contributed by atoms with E-state index in [4.69, 9.17) is 16.3 Å². The van der Waals surface area contributed by atoms with E-state index in [2.05, 4.69) is 9.88 Å². The summed E-state index contributed by atoms with van der Waals surface area (Å²) in [5.74, 6) is 0.834. The summed E-state index contributed by atoms with van der Waals surface area (Å²) in [5, 5.41) is 0.671. The van der Waals surface area contributed by atoms with Crippen LogP contribution < -0.4 is 4.90 Å². The normalized spacial score (nSPS) is 24.5. The average Bonchev–Trinajstić information content (AvgIpc) is 2.67. The molecule has 0 spiro atoms. The molecule has 2 unspecified atom stereocenters. The van der Waals surface area contributed by atoms with Crippen molar-refractivity contribution in [3.63, 3.8) is 0 Å². The van der Waals surface area contributed by atoms with E-state index in [-0.39, 0.29) is 18.2 Å². The molecular weight excluding hydrogens is 302 g/mol. The van der Waals surface area contributed by atoms with Gasteiger partial charge in [0.05, 0.1) is 5.02 Å². The summed E-state index contributed by atoms with van der Waals surface area (Å²) in [6.45, 7) is 7.01. The Labute approximate surface area is 136 Å². The Hall–Kier alpha value is -1.49. The van der Waals surface area contributed by atoms with E-state index >= 15 is 0 Å². The lowest BCUT2D eigenvalue weighted by molar-refractivity contribution is 0.0209. The van der Waals surface area contributed by atoms with Crippen LogP contribution in [0, 0.1) is 0 Å². The monoisotopic (exact) mass is 323 g/mol. The molecule has 5 nitrogen and oxygen atoms in total. The van der Waals surface area contributed by atoms with Gasteiger partial charge in [-0.05, 0) is 45.7 Å². The third-order valence-electron chi connectivity index (χ3n) is 4.12. The van der Waals surface area contributed by atoms with E-state index in [9.17, 15) is 4.79 Å². The smallest absolute Gasteiger partial charge is 0.410 e. The van der Waals surface area contributed by atoms with Crippen LogP contribution in [0.15, 0.2) is 18.3 Å². The molecule has 120 valence electrons. The number of ether oxygens (including phenoxy) is 1. The first-order valence-electron chi connectivity index (χ1n) is 7.72.